The molecule has 0 saturated carbocycles. The van der Waals surface area contributed by atoms with Gasteiger partial charge in [-0.3, -0.25) is 9.36 Å². The molecule has 0 aliphatic carbocycles. The fourth-order valence-electron chi connectivity index (χ4n) is 3.54. The molecule has 1 saturated heterocycles. The number of carbonyl (C=O) groups excluding carboxylic acids is 1. The molecule has 1 unspecified atom stereocenters. The Morgan fingerprint density at radius 1 is 1.39 bits per heavy atom. The zero-order chi connectivity index (χ0) is 19.9. The summed E-state index contributed by atoms with van der Waals surface area (Å²) in [5.74, 6) is 1.16. The van der Waals surface area contributed by atoms with Crippen molar-refractivity contribution in [2.45, 2.75) is 25.9 Å². The predicted molar refractivity (Wildman–Crippen MR) is 115 cm³/mol. The van der Waals surface area contributed by atoms with Crippen LogP contribution in [0, 0.1) is 10.5 Å². The van der Waals surface area contributed by atoms with Crippen LogP contribution >= 0.6 is 22.6 Å². The summed E-state index contributed by atoms with van der Waals surface area (Å²) in [5, 5.41) is 3.75. The molecule has 3 aromatic rings. The van der Waals surface area contributed by atoms with Gasteiger partial charge in [0.2, 0.25) is 5.91 Å². The number of carbonyl (C=O) groups is 1. The number of hydrogen-bond donors (Lipinski definition) is 1. The number of pyridine rings is 2. The van der Waals surface area contributed by atoms with Crippen LogP contribution in [-0.2, 0) is 19.9 Å². The number of nitrogens with zero attached hydrogens (tertiary/aromatic N) is 3. The lowest BCUT2D eigenvalue weighted by Gasteiger charge is -2.26. The summed E-state index contributed by atoms with van der Waals surface area (Å²) < 4.78 is 14.5. The zero-order valence-corrected chi connectivity index (χ0v) is 18.1. The smallest absolute Gasteiger partial charge is 0.222 e. The van der Waals surface area contributed by atoms with E-state index in [1.807, 2.05) is 22.9 Å². The molecule has 1 N–H and O–H groups in total. The monoisotopic (exact) mass is 492 g/mol. The number of nitrogens with one attached hydrogen (secondary N) is 1. The van der Waals surface area contributed by atoms with Crippen LogP contribution in [0.4, 0.5) is 5.82 Å². The van der Waals surface area contributed by atoms with E-state index >= 15 is 0 Å². The summed E-state index contributed by atoms with van der Waals surface area (Å²) in [4.78, 5) is 20.7. The Kier molecular flexibility index (Phi) is 5.11. The average molecular weight is 492 g/mol. The molecule has 146 valence electrons. The lowest BCUT2D eigenvalue weighted by molar-refractivity contribution is -0.114. The number of rotatable bonds is 4. The predicted octanol–water partition coefficient (Wildman–Crippen LogP) is 3.55. The molecule has 1 aliphatic heterocycles. The molecule has 1 fully saturated rings. The molecule has 1 amide bonds. The fourth-order valence-corrected chi connectivity index (χ4v) is 4.23. The summed E-state index contributed by atoms with van der Waals surface area (Å²) in [6.45, 7) is 4.68. The van der Waals surface area contributed by atoms with Gasteiger partial charge in [0.15, 0.2) is 0 Å². The van der Waals surface area contributed by atoms with Crippen molar-refractivity contribution < 1.29 is 14.3 Å². The number of fused-ring (bicyclic) bond motifs is 1. The number of ether oxygens (including phenoxy) is 2. The van der Waals surface area contributed by atoms with Crippen molar-refractivity contribution in [2.75, 3.05) is 25.6 Å². The van der Waals surface area contributed by atoms with Gasteiger partial charge in [-0.1, -0.05) is 0 Å². The number of aromatic nitrogens is 3. The molecule has 0 aromatic carbocycles. The van der Waals surface area contributed by atoms with Crippen molar-refractivity contribution in [3.63, 3.8) is 0 Å². The first kappa shape index (κ1) is 19.3. The Morgan fingerprint density at radius 3 is 2.89 bits per heavy atom. The normalized spacial score (nSPS) is 19.3. The molecule has 1 aliphatic rings. The van der Waals surface area contributed by atoms with Crippen molar-refractivity contribution in [3.8, 4) is 5.82 Å². The van der Waals surface area contributed by atoms with Crippen LogP contribution in [0.1, 0.15) is 24.6 Å². The summed E-state index contributed by atoms with van der Waals surface area (Å²) in [6, 6.07) is 5.96. The van der Waals surface area contributed by atoms with E-state index in [1.165, 1.54) is 6.92 Å². The van der Waals surface area contributed by atoms with Crippen LogP contribution in [-0.4, -0.2) is 40.8 Å². The molecule has 4 heterocycles. The van der Waals surface area contributed by atoms with E-state index in [1.54, 1.807) is 13.3 Å². The lowest BCUT2D eigenvalue weighted by Crippen LogP contribution is -2.30. The van der Waals surface area contributed by atoms with Crippen molar-refractivity contribution in [1.29, 1.82) is 0 Å². The number of methoxy groups -OCH3 is 1. The number of anilines is 1. The van der Waals surface area contributed by atoms with E-state index in [9.17, 15) is 4.79 Å². The molecule has 28 heavy (non-hydrogen) atoms. The van der Waals surface area contributed by atoms with E-state index in [2.05, 4.69) is 45.9 Å². The van der Waals surface area contributed by atoms with E-state index in [-0.39, 0.29) is 5.91 Å². The Labute approximate surface area is 176 Å². The molecule has 7 nitrogen and oxygen atoms in total. The van der Waals surface area contributed by atoms with Gasteiger partial charge >= 0.3 is 0 Å². The third kappa shape index (κ3) is 3.40. The van der Waals surface area contributed by atoms with Crippen molar-refractivity contribution in [1.82, 2.24) is 14.5 Å². The Bertz CT molecular complexity index is 1060. The van der Waals surface area contributed by atoms with Gasteiger partial charge in [-0.25, -0.2) is 9.97 Å². The maximum Gasteiger partial charge on any atom is 0.222 e. The summed E-state index contributed by atoms with van der Waals surface area (Å²) in [5.41, 5.74) is 2.38. The Hall–Kier alpha value is -2.04. The van der Waals surface area contributed by atoms with Gasteiger partial charge in [0.1, 0.15) is 17.2 Å². The average Bonchev–Trinajstić information content (AvgIpc) is 3.26. The summed E-state index contributed by atoms with van der Waals surface area (Å²) in [6.07, 6.45) is 4.58. The number of amides is 1. The van der Waals surface area contributed by atoms with Crippen LogP contribution < -0.4 is 5.32 Å². The first-order valence-electron chi connectivity index (χ1n) is 8.98. The van der Waals surface area contributed by atoms with Gasteiger partial charge < -0.3 is 14.8 Å². The second-order valence-electron chi connectivity index (χ2n) is 7.00. The zero-order valence-electron chi connectivity index (χ0n) is 16.0. The van der Waals surface area contributed by atoms with E-state index < -0.39 is 5.60 Å². The molecular weight excluding hydrogens is 471 g/mol. The fraction of sp³-hybridized carbons (Fsp3) is 0.350. The minimum atomic E-state index is -0.514. The maximum atomic E-state index is 11.4. The SMILES string of the molecule is COC1(c2cc(C)cc(-n3cc(I)c4cnc(NC(C)=O)cc43)n2)CCOC1. The third-order valence-corrected chi connectivity index (χ3v) is 5.85. The topological polar surface area (TPSA) is 78.3 Å². The van der Waals surface area contributed by atoms with Crippen LogP contribution in [0.25, 0.3) is 16.7 Å². The Morgan fingerprint density at radius 2 is 2.21 bits per heavy atom. The summed E-state index contributed by atoms with van der Waals surface area (Å²) in [7, 11) is 1.71. The maximum absolute atomic E-state index is 11.4. The van der Waals surface area contributed by atoms with Gasteiger partial charge in [0, 0.05) is 54.5 Å². The van der Waals surface area contributed by atoms with Crippen molar-refractivity contribution >= 4 is 45.2 Å². The van der Waals surface area contributed by atoms with Crippen LogP contribution in [0.3, 0.4) is 0 Å². The third-order valence-electron chi connectivity index (χ3n) is 4.99. The minimum Gasteiger partial charge on any atom is -0.378 e. The minimum absolute atomic E-state index is 0.154. The van der Waals surface area contributed by atoms with Gasteiger partial charge in [0.25, 0.3) is 0 Å². The highest BCUT2D eigenvalue weighted by atomic mass is 127. The van der Waals surface area contributed by atoms with Crippen LogP contribution in [0.2, 0.25) is 0 Å². The molecule has 0 radical (unpaired) electrons. The van der Waals surface area contributed by atoms with Gasteiger partial charge in [-0.05, 0) is 47.2 Å². The summed E-state index contributed by atoms with van der Waals surface area (Å²) >= 11 is 2.29. The second-order valence-corrected chi connectivity index (χ2v) is 8.17. The number of aryl methyl sites for hydroxylation is 1. The van der Waals surface area contributed by atoms with Crippen LogP contribution in [0.5, 0.6) is 0 Å². The highest BCUT2D eigenvalue weighted by Crippen LogP contribution is 2.34. The highest BCUT2D eigenvalue weighted by Gasteiger charge is 2.38. The molecular formula is C20H21IN4O3. The number of hydrogen-bond acceptors (Lipinski definition) is 5. The molecule has 1 atom stereocenters. The van der Waals surface area contributed by atoms with Crippen LogP contribution in [0.15, 0.2) is 30.6 Å². The first-order chi connectivity index (χ1) is 13.4. The van der Waals surface area contributed by atoms with Crippen molar-refractivity contribution in [3.05, 3.63) is 45.4 Å². The first-order valence-corrected chi connectivity index (χ1v) is 10.1. The van der Waals surface area contributed by atoms with Gasteiger partial charge in [-0.15, -0.1) is 0 Å². The lowest BCUT2D eigenvalue weighted by atomic mass is 9.97. The molecule has 0 spiro atoms. The molecule has 8 heteroatoms. The number of halogens is 1. The quantitative estimate of drug-likeness (QED) is 0.564. The highest BCUT2D eigenvalue weighted by molar-refractivity contribution is 14.1. The van der Waals surface area contributed by atoms with E-state index in [4.69, 9.17) is 14.5 Å². The standard InChI is InChI=1S/C20H21IN4O3/c1-12-6-17(20(27-3)4-5-28-11-20)24-19(7-12)25-10-15(21)14-9-22-18(8-16(14)25)23-13(2)26/h6-10H,4-5,11H2,1-3H3,(H,22,23,26). The molecule has 3 aromatic heterocycles. The molecule has 4 rings (SSSR count). The molecule has 0 bridgehead atoms. The van der Waals surface area contributed by atoms with Gasteiger partial charge in [-0.2, -0.15) is 0 Å². The van der Waals surface area contributed by atoms with Gasteiger partial charge in [0.05, 0.1) is 17.8 Å². The van der Waals surface area contributed by atoms with Crippen molar-refractivity contribution in [2.24, 2.45) is 0 Å². The Balaban J connectivity index is 1.87. The van der Waals surface area contributed by atoms with E-state index in [0.717, 1.165) is 38.0 Å². The largest absolute Gasteiger partial charge is 0.378 e. The second kappa shape index (κ2) is 7.41. The van der Waals surface area contributed by atoms with E-state index in [0.29, 0.717) is 19.0 Å².